The van der Waals surface area contributed by atoms with Crippen LogP contribution in [-0.4, -0.2) is 20.2 Å². The Balaban J connectivity index is 3.03. The van der Waals surface area contributed by atoms with E-state index in [0.717, 1.165) is 0 Å². The summed E-state index contributed by atoms with van der Waals surface area (Å²) in [5, 5.41) is 2.55. The van der Waals surface area contributed by atoms with Crippen molar-refractivity contribution in [2.45, 2.75) is 18.9 Å². The third-order valence-corrected chi connectivity index (χ3v) is 2.43. The molecule has 0 bridgehead atoms. The zero-order valence-corrected chi connectivity index (χ0v) is 9.05. The fourth-order valence-electron chi connectivity index (χ4n) is 1.26. The molecule has 1 unspecified atom stereocenters. The first-order valence-electron chi connectivity index (χ1n) is 4.72. The molecular weight excluding hydrogens is 200 g/mol. The Hall–Kier alpha value is -1.16. The second kappa shape index (κ2) is 4.57. The van der Waals surface area contributed by atoms with Gasteiger partial charge in [0.2, 0.25) is 0 Å². The van der Waals surface area contributed by atoms with Gasteiger partial charge in [0.15, 0.2) is 0 Å². The van der Waals surface area contributed by atoms with E-state index in [9.17, 15) is 8.78 Å². The Morgan fingerprint density at radius 1 is 1.40 bits per heavy atom. The van der Waals surface area contributed by atoms with Crippen molar-refractivity contribution in [3.63, 3.8) is 0 Å². The summed E-state index contributed by atoms with van der Waals surface area (Å²) in [5.74, 6) is -2.46. The maximum absolute atomic E-state index is 13.7. The van der Waals surface area contributed by atoms with Crippen molar-refractivity contribution in [2.75, 3.05) is 14.2 Å². The van der Waals surface area contributed by atoms with Gasteiger partial charge in [0, 0.05) is 5.56 Å². The number of nitrogens with one attached hydrogen (secondary N) is 1. The number of rotatable bonds is 4. The van der Waals surface area contributed by atoms with Gasteiger partial charge in [-0.2, -0.15) is 8.78 Å². The number of benzene rings is 1. The van der Waals surface area contributed by atoms with E-state index >= 15 is 0 Å². The highest BCUT2D eigenvalue weighted by Crippen LogP contribution is 2.33. The number of likely N-dealkylation sites (N-methyl/N-ethyl adjacent to an activating group) is 1. The summed E-state index contributed by atoms with van der Waals surface area (Å²) in [6.07, 6.45) is 0. The molecule has 0 amide bonds. The van der Waals surface area contributed by atoms with E-state index in [-0.39, 0.29) is 5.56 Å². The van der Waals surface area contributed by atoms with Crippen LogP contribution in [-0.2, 0) is 5.92 Å². The van der Waals surface area contributed by atoms with Crippen molar-refractivity contribution in [1.29, 1.82) is 0 Å². The van der Waals surface area contributed by atoms with E-state index in [4.69, 9.17) is 4.74 Å². The predicted octanol–water partition coefficient (Wildman–Crippen LogP) is 2.39. The highest BCUT2D eigenvalue weighted by atomic mass is 19.3. The molecule has 1 rings (SSSR count). The lowest BCUT2D eigenvalue weighted by atomic mass is 10.0. The number of hydrogen-bond acceptors (Lipinski definition) is 2. The molecular formula is C11H15F2NO. The molecule has 0 aromatic heterocycles. The number of ether oxygens (including phenoxy) is 1. The number of methoxy groups -OCH3 is 1. The molecule has 1 aromatic carbocycles. The van der Waals surface area contributed by atoms with Gasteiger partial charge in [-0.25, -0.2) is 0 Å². The van der Waals surface area contributed by atoms with E-state index in [0.29, 0.717) is 5.75 Å². The van der Waals surface area contributed by atoms with E-state index in [2.05, 4.69) is 5.32 Å². The van der Waals surface area contributed by atoms with Crippen LogP contribution in [0.25, 0.3) is 0 Å². The number of hydrogen-bond donors (Lipinski definition) is 1. The molecule has 0 fully saturated rings. The minimum absolute atomic E-state index is 0.0382. The normalized spacial score (nSPS) is 13.7. The van der Waals surface area contributed by atoms with E-state index in [1.165, 1.54) is 33.2 Å². The molecule has 1 N–H and O–H groups in total. The molecule has 1 atom stereocenters. The van der Waals surface area contributed by atoms with E-state index in [1.807, 2.05) is 0 Å². The fraction of sp³-hybridized carbons (Fsp3) is 0.455. The molecule has 0 saturated carbocycles. The second-order valence-corrected chi connectivity index (χ2v) is 3.37. The SMILES string of the molecule is CNC(C)C(F)(F)c1cccc(OC)c1. The van der Waals surface area contributed by atoms with Gasteiger partial charge in [-0.15, -0.1) is 0 Å². The van der Waals surface area contributed by atoms with Crippen LogP contribution >= 0.6 is 0 Å². The van der Waals surface area contributed by atoms with Gasteiger partial charge in [0.1, 0.15) is 5.75 Å². The van der Waals surface area contributed by atoms with Crippen molar-refractivity contribution in [3.05, 3.63) is 29.8 Å². The molecule has 0 heterocycles. The van der Waals surface area contributed by atoms with E-state index in [1.54, 1.807) is 12.1 Å². The average molecular weight is 215 g/mol. The van der Waals surface area contributed by atoms with Crippen molar-refractivity contribution in [3.8, 4) is 5.75 Å². The summed E-state index contributed by atoms with van der Waals surface area (Å²) >= 11 is 0. The van der Waals surface area contributed by atoms with Crippen LogP contribution in [0.2, 0.25) is 0 Å². The van der Waals surface area contributed by atoms with Crippen LogP contribution in [0.5, 0.6) is 5.75 Å². The van der Waals surface area contributed by atoms with Gasteiger partial charge in [-0.05, 0) is 26.1 Å². The predicted molar refractivity (Wildman–Crippen MR) is 55.4 cm³/mol. The molecule has 15 heavy (non-hydrogen) atoms. The molecule has 2 nitrogen and oxygen atoms in total. The lowest BCUT2D eigenvalue weighted by molar-refractivity contribution is -0.0355. The largest absolute Gasteiger partial charge is 0.497 e. The molecule has 0 aliphatic carbocycles. The van der Waals surface area contributed by atoms with Crippen LogP contribution in [0, 0.1) is 0 Å². The highest BCUT2D eigenvalue weighted by Gasteiger charge is 2.37. The highest BCUT2D eigenvalue weighted by molar-refractivity contribution is 5.31. The minimum Gasteiger partial charge on any atom is -0.497 e. The molecule has 0 aliphatic rings. The smallest absolute Gasteiger partial charge is 0.288 e. The Morgan fingerprint density at radius 3 is 2.60 bits per heavy atom. The van der Waals surface area contributed by atoms with Crippen LogP contribution in [0.15, 0.2) is 24.3 Å². The topological polar surface area (TPSA) is 21.3 Å². The molecule has 0 saturated heterocycles. The van der Waals surface area contributed by atoms with Crippen LogP contribution in [0.3, 0.4) is 0 Å². The van der Waals surface area contributed by atoms with Gasteiger partial charge in [0.25, 0.3) is 5.92 Å². The molecule has 84 valence electrons. The maximum atomic E-state index is 13.7. The van der Waals surface area contributed by atoms with Crippen LogP contribution in [0.4, 0.5) is 8.78 Å². The van der Waals surface area contributed by atoms with Crippen LogP contribution in [0.1, 0.15) is 12.5 Å². The zero-order valence-electron chi connectivity index (χ0n) is 9.05. The van der Waals surface area contributed by atoms with Gasteiger partial charge < -0.3 is 10.1 Å². The third kappa shape index (κ3) is 2.45. The summed E-state index contributed by atoms with van der Waals surface area (Å²) in [5.41, 5.74) is -0.0382. The summed E-state index contributed by atoms with van der Waals surface area (Å²) in [7, 11) is 2.97. The summed E-state index contributed by atoms with van der Waals surface area (Å²) < 4.78 is 32.4. The summed E-state index contributed by atoms with van der Waals surface area (Å²) in [4.78, 5) is 0. The molecule has 1 aromatic rings. The second-order valence-electron chi connectivity index (χ2n) is 3.37. The van der Waals surface area contributed by atoms with Gasteiger partial charge in [-0.3, -0.25) is 0 Å². The van der Waals surface area contributed by atoms with Crippen molar-refractivity contribution in [1.82, 2.24) is 5.32 Å². The first-order chi connectivity index (χ1) is 7.02. The standard InChI is InChI=1S/C11H15F2NO/c1-8(14-2)11(12,13)9-5-4-6-10(7-9)15-3/h4-8,14H,1-3H3. The first kappa shape index (κ1) is 11.9. The monoisotopic (exact) mass is 215 g/mol. The number of alkyl halides is 2. The zero-order chi connectivity index (χ0) is 11.5. The molecule has 0 aliphatic heterocycles. The molecule has 4 heteroatoms. The Bertz CT molecular complexity index is 328. The molecule has 0 radical (unpaired) electrons. The van der Waals surface area contributed by atoms with Crippen molar-refractivity contribution in [2.24, 2.45) is 0 Å². The minimum atomic E-state index is -2.90. The quantitative estimate of drug-likeness (QED) is 0.832. The maximum Gasteiger partial charge on any atom is 0.288 e. The van der Waals surface area contributed by atoms with Crippen LogP contribution < -0.4 is 10.1 Å². The summed E-state index contributed by atoms with van der Waals surface area (Å²) in [6, 6.07) is 5.04. The van der Waals surface area contributed by atoms with Gasteiger partial charge in [0.05, 0.1) is 13.2 Å². The van der Waals surface area contributed by atoms with Gasteiger partial charge >= 0.3 is 0 Å². The Labute approximate surface area is 88.3 Å². The lowest BCUT2D eigenvalue weighted by Gasteiger charge is -2.23. The fourth-order valence-corrected chi connectivity index (χ4v) is 1.26. The number of halogens is 2. The molecule has 0 spiro atoms. The van der Waals surface area contributed by atoms with E-state index < -0.39 is 12.0 Å². The summed E-state index contributed by atoms with van der Waals surface area (Å²) in [6.45, 7) is 1.44. The third-order valence-electron chi connectivity index (χ3n) is 2.43. The van der Waals surface area contributed by atoms with Crippen molar-refractivity contribution < 1.29 is 13.5 Å². The first-order valence-corrected chi connectivity index (χ1v) is 4.72. The average Bonchev–Trinajstić information content (AvgIpc) is 2.27. The van der Waals surface area contributed by atoms with Crippen molar-refractivity contribution >= 4 is 0 Å². The lowest BCUT2D eigenvalue weighted by Crippen LogP contribution is -2.38. The Morgan fingerprint density at radius 2 is 2.07 bits per heavy atom. The van der Waals surface area contributed by atoms with Gasteiger partial charge in [-0.1, -0.05) is 12.1 Å². The Kier molecular flexibility index (Phi) is 3.63.